The van der Waals surface area contributed by atoms with E-state index >= 15 is 0 Å². The minimum atomic E-state index is 0.0873. The Labute approximate surface area is 187 Å². The molecule has 1 N–H and O–H groups in total. The Balaban J connectivity index is 1.21. The van der Waals surface area contributed by atoms with Gasteiger partial charge in [0.25, 0.3) is 0 Å². The number of thiazole rings is 1. The van der Waals surface area contributed by atoms with Crippen LogP contribution in [0.3, 0.4) is 0 Å². The quantitative estimate of drug-likeness (QED) is 0.605. The number of piperidine rings is 1. The summed E-state index contributed by atoms with van der Waals surface area (Å²) in [6.07, 6.45) is 5.05. The first-order valence-electron chi connectivity index (χ1n) is 11.4. The van der Waals surface area contributed by atoms with Crippen molar-refractivity contribution in [2.45, 2.75) is 45.1 Å². The predicted octanol–water partition coefficient (Wildman–Crippen LogP) is 5.11. The first-order chi connectivity index (χ1) is 15.2. The average Bonchev–Trinajstić information content (AvgIpc) is 3.23. The second-order valence-electron chi connectivity index (χ2n) is 8.47. The summed E-state index contributed by atoms with van der Waals surface area (Å²) in [5.41, 5.74) is 3.71. The number of carbonyl (C=O) groups excluding carboxylic acids is 1. The molecule has 0 bridgehead atoms. The highest BCUT2D eigenvalue weighted by Gasteiger charge is 2.29. The molecule has 1 aromatic heterocycles. The zero-order valence-corrected chi connectivity index (χ0v) is 18.8. The maximum Gasteiger partial charge on any atom is 0.223 e. The minimum Gasteiger partial charge on any atom is -0.494 e. The number of carbonyl (C=O) groups is 1. The monoisotopic (exact) mass is 435 g/mol. The molecule has 1 atom stereocenters. The molecule has 1 aliphatic heterocycles. The van der Waals surface area contributed by atoms with E-state index in [0.29, 0.717) is 6.61 Å². The highest BCUT2D eigenvalue weighted by molar-refractivity contribution is 7.22. The number of aryl methyl sites for hydroxylation is 1. The summed E-state index contributed by atoms with van der Waals surface area (Å²) in [7, 11) is 0. The molecular formula is C25H29N3O2S. The first kappa shape index (κ1) is 20.3. The predicted molar refractivity (Wildman–Crippen MR) is 126 cm³/mol. The highest BCUT2D eigenvalue weighted by Crippen LogP contribution is 2.34. The van der Waals surface area contributed by atoms with Gasteiger partial charge in [-0.25, -0.2) is 4.98 Å². The van der Waals surface area contributed by atoms with Crippen LogP contribution in [0.2, 0.25) is 0 Å². The number of fused-ring (bicyclic) bond motifs is 2. The minimum absolute atomic E-state index is 0.0873. The molecule has 31 heavy (non-hydrogen) atoms. The second kappa shape index (κ2) is 8.87. The van der Waals surface area contributed by atoms with Gasteiger partial charge in [0, 0.05) is 19.0 Å². The molecule has 3 aromatic rings. The molecule has 2 heterocycles. The van der Waals surface area contributed by atoms with E-state index in [1.54, 1.807) is 11.3 Å². The van der Waals surface area contributed by atoms with Crippen LogP contribution in [0.25, 0.3) is 10.2 Å². The van der Waals surface area contributed by atoms with Crippen molar-refractivity contribution in [2.24, 2.45) is 5.92 Å². The maximum atomic E-state index is 13.0. The number of benzene rings is 2. The van der Waals surface area contributed by atoms with Gasteiger partial charge < -0.3 is 15.0 Å². The fourth-order valence-corrected chi connectivity index (χ4v) is 5.86. The molecule has 0 radical (unpaired) electrons. The zero-order valence-electron chi connectivity index (χ0n) is 18.0. The Morgan fingerprint density at radius 2 is 2.03 bits per heavy atom. The molecule has 1 fully saturated rings. The lowest BCUT2D eigenvalue weighted by molar-refractivity contribution is -0.126. The van der Waals surface area contributed by atoms with E-state index in [1.807, 2.05) is 19.1 Å². The van der Waals surface area contributed by atoms with E-state index in [2.05, 4.69) is 40.5 Å². The Morgan fingerprint density at radius 3 is 2.87 bits per heavy atom. The van der Waals surface area contributed by atoms with Gasteiger partial charge in [0.15, 0.2) is 5.13 Å². The fraction of sp³-hybridized carbons (Fsp3) is 0.440. The van der Waals surface area contributed by atoms with Crippen molar-refractivity contribution in [3.8, 4) is 5.75 Å². The van der Waals surface area contributed by atoms with Gasteiger partial charge in [-0.2, -0.15) is 0 Å². The van der Waals surface area contributed by atoms with Crippen molar-refractivity contribution in [1.82, 2.24) is 10.3 Å². The van der Waals surface area contributed by atoms with Crippen LogP contribution in [0.4, 0.5) is 5.13 Å². The number of rotatable bonds is 5. The third-order valence-corrected chi connectivity index (χ3v) is 7.56. The fourth-order valence-electron chi connectivity index (χ4n) is 4.81. The van der Waals surface area contributed by atoms with Crippen molar-refractivity contribution in [3.05, 3.63) is 53.6 Å². The van der Waals surface area contributed by atoms with Crippen LogP contribution in [0.1, 0.15) is 49.8 Å². The standard InChI is InChI=1S/C25H29N3O2S/c1-2-30-19-10-11-22-23(16-19)31-25(27-22)28-14-12-18(13-15-28)24(29)26-21-9-5-7-17-6-3-4-8-20(17)21/h3-4,6,8,10-11,16,18,21H,2,5,7,9,12-15H2,1H3,(H,26,29). The van der Waals surface area contributed by atoms with Gasteiger partial charge in [-0.3, -0.25) is 4.79 Å². The highest BCUT2D eigenvalue weighted by atomic mass is 32.1. The van der Waals surface area contributed by atoms with Crippen molar-refractivity contribution in [1.29, 1.82) is 0 Å². The van der Waals surface area contributed by atoms with Crippen LogP contribution < -0.4 is 15.0 Å². The van der Waals surface area contributed by atoms with Crippen molar-refractivity contribution in [2.75, 3.05) is 24.6 Å². The number of hydrogen-bond donors (Lipinski definition) is 1. The molecule has 2 aliphatic rings. The van der Waals surface area contributed by atoms with Gasteiger partial charge in [0.05, 0.1) is 22.9 Å². The number of amides is 1. The first-order valence-corrected chi connectivity index (χ1v) is 12.2. The molecule has 5 nitrogen and oxygen atoms in total. The van der Waals surface area contributed by atoms with Gasteiger partial charge in [-0.15, -0.1) is 0 Å². The molecule has 5 rings (SSSR count). The zero-order chi connectivity index (χ0) is 21.2. The summed E-state index contributed by atoms with van der Waals surface area (Å²) >= 11 is 1.71. The molecule has 6 heteroatoms. The number of nitrogens with zero attached hydrogens (tertiary/aromatic N) is 2. The molecule has 1 unspecified atom stereocenters. The van der Waals surface area contributed by atoms with Gasteiger partial charge in [-0.1, -0.05) is 35.6 Å². The van der Waals surface area contributed by atoms with Gasteiger partial charge in [0.2, 0.25) is 5.91 Å². The van der Waals surface area contributed by atoms with E-state index in [-0.39, 0.29) is 17.9 Å². The normalized spacial score (nSPS) is 19.3. The molecule has 1 amide bonds. The summed E-state index contributed by atoms with van der Waals surface area (Å²) in [4.78, 5) is 20.1. The number of hydrogen-bond acceptors (Lipinski definition) is 5. The van der Waals surface area contributed by atoms with E-state index in [0.717, 1.165) is 66.3 Å². The molecule has 1 saturated heterocycles. The summed E-state index contributed by atoms with van der Waals surface area (Å²) in [6, 6.07) is 14.8. The van der Waals surface area contributed by atoms with Gasteiger partial charge in [-0.05, 0) is 68.4 Å². The largest absolute Gasteiger partial charge is 0.494 e. The SMILES string of the molecule is CCOc1ccc2nc(N3CCC(C(=O)NC4CCCc5ccccc54)CC3)sc2c1. The number of nitrogens with one attached hydrogen (secondary N) is 1. The van der Waals surface area contributed by atoms with Gasteiger partial charge in [0.1, 0.15) is 5.75 Å². The van der Waals surface area contributed by atoms with Crippen LogP contribution in [0.15, 0.2) is 42.5 Å². The van der Waals surface area contributed by atoms with E-state index in [1.165, 1.54) is 11.1 Å². The van der Waals surface area contributed by atoms with E-state index < -0.39 is 0 Å². The molecule has 162 valence electrons. The van der Waals surface area contributed by atoms with Crippen molar-refractivity contribution in [3.63, 3.8) is 0 Å². The van der Waals surface area contributed by atoms with Crippen LogP contribution in [0, 0.1) is 5.92 Å². The number of aromatic nitrogens is 1. The Bertz CT molecular complexity index is 1070. The van der Waals surface area contributed by atoms with E-state index in [9.17, 15) is 4.79 Å². The number of anilines is 1. The van der Waals surface area contributed by atoms with Crippen LogP contribution in [-0.4, -0.2) is 30.6 Å². The maximum absolute atomic E-state index is 13.0. The van der Waals surface area contributed by atoms with Crippen LogP contribution >= 0.6 is 11.3 Å². The summed E-state index contributed by atoms with van der Waals surface area (Å²) in [5, 5.41) is 4.40. The average molecular weight is 436 g/mol. The van der Waals surface area contributed by atoms with Crippen LogP contribution in [0.5, 0.6) is 5.75 Å². The second-order valence-corrected chi connectivity index (χ2v) is 9.48. The Kier molecular flexibility index (Phi) is 5.81. The lowest BCUT2D eigenvalue weighted by Gasteiger charge is -2.33. The van der Waals surface area contributed by atoms with Crippen molar-refractivity contribution < 1.29 is 9.53 Å². The summed E-state index contributed by atoms with van der Waals surface area (Å²) < 4.78 is 6.76. The van der Waals surface area contributed by atoms with E-state index in [4.69, 9.17) is 9.72 Å². The molecule has 2 aromatic carbocycles. The lowest BCUT2D eigenvalue weighted by atomic mass is 9.87. The smallest absolute Gasteiger partial charge is 0.223 e. The Hall–Kier alpha value is -2.60. The van der Waals surface area contributed by atoms with Gasteiger partial charge >= 0.3 is 0 Å². The lowest BCUT2D eigenvalue weighted by Crippen LogP contribution is -2.42. The third kappa shape index (κ3) is 4.26. The summed E-state index contributed by atoms with van der Waals surface area (Å²) in [6.45, 7) is 4.41. The third-order valence-electron chi connectivity index (χ3n) is 6.48. The molecule has 0 spiro atoms. The molecule has 1 aliphatic carbocycles. The number of ether oxygens (including phenoxy) is 1. The summed E-state index contributed by atoms with van der Waals surface area (Å²) in [5.74, 6) is 1.20. The van der Waals surface area contributed by atoms with Crippen molar-refractivity contribution >= 4 is 32.6 Å². The molecular weight excluding hydrogens is 406 g/mol. The topological polar surface area (TPSA) is 54.5 Å². The Morgan fingerprint density at radius 1 is 1.19 bits per heavy atom. The van der Waals surface area contributed by atoms with Crippen LogP contribution in [-0.2, 0) is 11.2 Å². The molecule has 0 saturated carbocycles.